The molecule has 0 bridgehead atoms. The zero-order valence-electron chi connectivity index (χ0n) is 14.6. The van der Waals surface area contributed by atoms with Crippen molar-refractivity contribution < 1.29 is 9.53 Å². The average molecular weight is 353 g/mol. The molecule has 1 aliphatic rings. The average Bonchev–Trinajstić information content (AvgIpc) is 3.27. The molecule has 4 rings (SSSR count). The van der Waals surface area contributed by atoms with Gasteiger partial charge in [0.15, 0.2) is 11.3 Å². The molecule has 0 aromatic carbocycles. The van der Waals surface area contributed by atoms with Gasteiger partial charge in [-0.3, -0.25) is 4.79 Å². The first-order valence-corrected chi connectivity index (χ1v) is 8.45. The normalized spacial score (nSPS) is 16.8. The fourth-order valence-electron chi connectivity index (χ4n) is 3.13. The number of methoxy groups -OCH3 is 1. The predicted octanol–water partition coefficient (Wildman–Crippen LogP) is 1.77. The van der Waals surface area contributed by atoms with Gasteiger partial charge in [-0.25, -0.2) is 14.5 Å². The molecule has 1 atom stereocenters. The molecular formula is C17H19N7O2. The van der Waals surface area contributed by atoms with Gasteiger partial charge in [0.25, 0.3) is 5.91 Å². The summed E-state index contributed by atoms with van der Waals surface area (Å²) in [5.41, 5.74) is 0.956. The van der Waals surface area contributed by atoms with E-state index in [9.17, 15) is 4.79 Å². The van der Waals surface area contributed by atoms with Crippen LogP contribution in [0.2, 0.25) is 0 Å². The summed E-state index contributed by atoms with van der Waals surface area (Å²) in [6, 6.07) is 6.03. The summed E-state index contributed by atoms with van der Waals surface area (Å²) >= 11 is 0. The molecule has 3 aromatic rings. The molecule has 1 aliphatic heterocycles. The van der Waals surface area contributed by atoms with E-state index < -0.39 is 0 Å². The fraction of sp³-hybridized carbons (Fsp3) is 0.353. The summed E-state index contributed by atoms with van der Waals surface area (Å²) in [7, 11) is 1.47. The van der Waals surface area contributed by atoms with E-state index in [1.807, 2.05) is 12.1 Å². The van der Waals surface area contributed by atoms with Gasteiger partial charge in [0.05, 0.1) is 13.3 Å². The summed E-state index contributed by atoms with van der Waals surface area (Å²) in [5, 5.41) is 7.35. The number of rotatable bonds is 4. The van der Waals surface area contributed by atoms with Gasteiger partial charge in [-0.05, 0) is 38.0 Å². The first-order valence-electron chi connectivity index (χ1n) is 8.45. The van der Waals surface area contributed by atoms with E-state index in [-0.39, 0.29) is 11.9 Å². The lowest BCUT2D eigenvalue weighted by molar-refractivity contribution is 0.102. The molecule has 4 heterocycles. The first-order chi connectivity index (χ1) is 12.7. The number of ether oxygens (including phenoxy) is 1. The van der Waals surface area contributed by atoms with Crippen LogP contribution in [0.1, 0.15) is 30.3 Å². The predicted molar refractivity (Wildman–Crippen MR) is 95.6 cm³/mol. The Morgan fingerprint density at radius 2 is 2.19 bits per heavy atom. The van der Waals surface area contributed by atoms with Crippen LogP contribution in [0.3, 0.4) is 0 Å². The smallest absolute Gasteiger partial charge is 0.318 e. The van der Waals surface area contributed by atoms with Gasteiger partial charge in [-0.15, -0.1) is 5.10 Å². The van der Waals surface area contributed by atoms with Crippen LogP contribution >= 0.6 is 0 Å². The number of aromatic nitrogens is 5. The molecule has 9 nitrogen and oxygen atoms in total. The minimum atomic E-state index is -0.350. The Labute approximate surface area is 150 Å². The third kappa shape index (κ3) is 2.92. The molecule has 0 aliphatic carbocycles. The molecule has 134 valence electrons. The molecule has 9 heteroatoms. The van der Waals surface area contributed by atoms with E-state index in [1.165, 1.54) is 19.5 Å². The van der Waals surface area contributed by atoms with Crippen LogP contribution in [0.25, 0.3) is 5.65 Å². The van der Waals surface area contributed by atoms with E-state index in [2.05, 4.69) is 37.2 Å². The number of hydrogen-bond acceptors (Lipinski definition) is 7. The number of anilines is 2. The summed E-state index contributed by atoms with van der Waals surface area (Å²) in [5.74, 6) is 0.844. The highest BCUT2D eigenvalue weighted by molar-refractivity contribution is 6.02. The number of carbonyl (C=O) groups is 1. The third-order valence-corrected chi connectivity index (χ3v) is 4.49. The minimum Gasteiger partial charge on any atom is -0.467 e. The monoisotopic (exact) mass is 353 g/mol. The van der Waals surface area contributed by atoms with E-state index >= 15 is 0 Å². The molecule has 0 unspecified atom stereocenters. The molecule has 26 heavy (non-hydrogen) atoms. The topological polar surface area (TPSA) is 97.5 Å². The van der Waals surface area contributed by atoms with Gasteiger partial charge >= 0.3 is 6.01 Å². The Balaban J connectivity index is 1.64. The standard InChI is InChI=1S/C17H19N7O2/c1-11-4-3-9-23(11)15-6-5-14-19-10-12(24(14)22-15)16(25)20-13-7-8-18-17(21-13)26-2/h5-8,10-11H,3-4,9H2,1-2H3,(H,18,20,21,25)/t11-/m0/s1. The Morgan fingerprint density at radius 1 is 1.31 bits per heavy atom. The quantitative estimate of drug-likeness (QED) is 0.763. The van der Waals surface area contributed by atoms with Crippen molar-refractivity contribution in [2.45, 2.75) is 25.8 Å². The maximum atomic E-state index is 12.7. The molecular weight excluding hydrogens is 334 g/mol. The largest absolute Gasteiger partial charge is 0.467 e. The van der Waals surface area contributed by atoms with Crippen molar-refractivity contribution in [3.05, 3.63) is 36.3 Å². The Morgan fingerprint density at radius 3 is 2.96 bits per heavy atom. The van der Waals surface area contributed by atoms with Crippen LogP contribution in [0, 0.1) is 0 Å². The van der Waals surface area contributed by atoms with Crippen molar-refractivity contribution in [1.29, 1.82) is 0 Å². The lowest BCUT2D eigenvalue weighted by Gasteiger charge is -2.22. The zero-order chi connectivity index (χ0) is 18.1. The maximum absolute atomic E-state index is 12.7. The van der Waals surface area contributed by atoms with Crippen LogP contribution in [-0.2, 0) is 0 Å². The lowest BCUT2D eigenvalue weighted by atomic mass is 10.2. The Bertz CT molecular complexity index is 955. The van der Waals surface area contributed by atoms with Crippen LogP contribution in [0.15, 0.2) is 30.6 Å². The lowest BCUT2D eigenvalue weighted by Crippen LogP contribution is -2.28. The zero-order valence-corrected chi connectivity index (χ0v) is 14.6. The second kappa shape index (κ2) is 6.58. The number of carbonyl (C=O) groups excluding carboxylic acids is 1. The number of nitrogens with one attached hydrogen (secondary N) is 1. The van der Waals surface area contributed by atoms with Gasteiger partial charge in [0.1, 0.15) is 11.6 Å². The maximum Gasteiger partial charge on any atom is 0.318 e. The van der Waals surface area contributed by atoms with Crippen LogP contribution in [0.4, 0.5) is 11.6 Å². The molecule has 0 radical (unpaired) electrons. The van der Waals surface area contributed by atoms with Gasteiger partial charge in [-0.1, -0.05) is 0 Å². The van der Waals surface area contributed by atoms with Crippen molar-refractivity contribution in [2.24, 2.45) is 0 Å². The summed E-state index contributed by atoms with van der Waals surface area (Å²) in [6.45, 7) is 3.15. The summed E-state index contributed by atoms with van der Waals surface area (Å²) < 4.78 is 6.53. The molecule has 1 fully saturated rings. The molecule has 1 saturated heterocycles. The highest BCUT2D eigenvalue weighted by Gasteiger charge is 2.23. The van der Waals surface area contributed by atoms with E-state index in [1.54, 1.807) is 10.6 Å². The number of fused-ring (bicyclic) bond motifs is 1. The van der Waals surface area contributed by atoms with Gasteiger partial charge in [-0.2, -0.15) is 4.98 Å². The van der Waals surface area contributed by atoms with Crippen LogP contribution < -0.4 is 15.0 Å². The second-order valence-electron chi connectivity index (χ2n) is 6.17. The van der Waals surface area contributed by atoms with Crippen molar-refractivity contribution in [2.75, 3.05) is 23.9 Å². The summed E-state index contributed by atoms with van der Waals surface area (Å²) in [4.78, 5) is 27.2. The molecule has 3 aromatic heterocycles. The van der Waals surface area contributed by atoms with Crippen molar-refractivity contribution in [3.63, 3.8) is 0 Å². The van der Waals surface area contributed by atoms with Crippen molar-refractivity contribution >= 4 is 23.2 Å². The Kier molecular flexibility index (Phi) is 4.11. The van der Waals surface area contributed by atoms with E-state index in [0.29, 0.717) is 23.2 Å². The van der Waals surface area contributed by atoms with Gasteiger partial charge in [0, 0.05) is 18.8 Å². The number of nitrogens with zero attached hydrogens (tertiary/aromatic N) is 6. The minimum absolute atomic E-state index is 0.185. The third-order valence-electron chi connectivity index (χ3n) is 4.49. The molecule has 1 amide bonds. The molecule has 0 saturated carbocycles. The van der Waals surface area contributed by atoms with Gasteiger partial charge < -0.3 is 15.0 Å². The fourth-order valence-corrected chi connectivity index (χ4v) is 3.13. The highest BCUT2D eigenvalue weighted by atomic mass is 16.5. The van der Waals surface area contributed by atoms with Crippen molar-refractivity contribution in [1.82, 2.24) is 24.6 Å². The SMILES string of the molecule is COc1nccc(NC(=O)c2cnc3ccc(N4CCC[C@@H]4C)nn23)n1. The summed E-state index contributed by atoms with van der Waals surface area (Å²) in [6.07, 6.45) is 5.31. The van der Waals surface area contributed by atoms with Crippen LogP contribution in [-0.4, -0.2) is 50.2 Å². The van der Waals surface area contributed by atoms with E-state index in [4.69, 9.17) is 4.74 Å². The number of hydrogen-bond donors (Lipinski definition) is 1. The van der Waals surface area contributed by atoms with Gasteiger partial charge in [0.2, 0.25) is 0 Å². The molecule has 0 spiro atoms. The van der Waals surface area contributed by atoms with Crippen LogP contribution in [0.5, 0.6) is 6.01 Å². The first kappa shape index (κ1) is 16.2. The van der Waals surface area contributed by atoms with Crippen molar-refractivity contribution in [3.8, 4) is 6.01 Å². The highest BCUT2D eigenvalue weighted by Crippen LogP contribution is 2.23. The van der Waals surface area contributed by atoms with E-state index in [0.717, 1.165) is 25.2 Å². The molecule has 1 N–H and O–H groups in total. The number of imidazole rings is 1. The Hall–Kier alpha value is -3.23. The second-order valence-corrected chi connectivity index (χ2v) is 6.17. The number of amides is 1.